The molecule has 0 saturated heterocycles. The van der Waals surface area contributed by atoms with E-state index in [4.69, 9.17) is 16.7 Å². The number of hydrogen-bond acceptors (Lipinski definition) is 5. The molecule has 2 rings (SSSR count). The van der Waals surface area contributed by atoms with Crippen molar-refractivity contribution in [3.05, 3.63) is 17.2 Å². The Hall–Kier alpha value is -0.850. The molecule has 1 atom stereocenters. The minimum atomic E-state index is 0.145. The van der Waals surface area contributed by atoms with Crippen LogP contribution in [0.4, 0.5) is 0 Å². The smallest absolute Gasteiger partial charge is 0.162 e. The van der Waals surface area contributed by atoms with Crippen molar-refractivity contribution >= 4 is 34.4 Å². The zero-order valence-corrected chi connectivity index (χ0v) is 11.2. The lowest BCUT2D eigenvalue weighted by molar-refractivity contribution is 0.300. The molecule has 0 bridgehead atoms. The number of fused-ring (bicyclic) bond motifs is 1. The number of aryl methyl sites for hydroxylation is 1. The molecule has 0 aliphatic heterocycles. The number of halogens is 1. The monoisotopic (exact) mass is 272 g/mol. The van der Waals surface area contributed by atoms with Gasteiger partial charge in [0.2, 0.25) is 0 Å². The van der Waals surface area contributed by atoms with Gasteiger partial charge in [0.1, 0.15) is 11.0 Å². The average Bonchev–Trinajstić information content (AvgIpc) is 2.69. The summed E-state index contributed by atoms with van der Waals surface area (Å²) >= 11 is 7.65. The zero-order valence-electron chi connectivity index (χ0n) is 9.59. The molecule has 0 aliphatic carbocycles. The number of hydrogen-bond donors (Lipinski definition) is 1. The fourth-order valence-electron chi connectivity index (χ4n) is 1.36. The fraction of sp³-hybridized carbons (Fsp3) is 0.500. The molecule has 17 heavy (non-hydrogen) atoms. The summed E-state index contributed by atoms with van der Waals surface area (Å²) in [4.78, 5) is 8.62. The number of thioether (sulfide) groups is 1. The second-order valence-corrected chi connectivity index (χ2v) is 5.53. The van der Waals surface area contributed by atoms with Gasteiger partial charge < -0.3 is 5.11 Å². The molecular weight excluding hydrogens is 260 g/mol. The summed E-state index contributed by atoms with van der Waals surface area (Å²) in [6.07, 6.45) is 1.66. The van der Waals surface area contributed by atoms with Gasteiger partial charge in [-0.1, -0.05) is 18.5 Å². The summed E-state index contributed by atoms with van der Waals surface area (Å²) in [7, 11) is 1.82. The average molecular weight is 273 g/mol. The van der Waals surface area contributed by atoms with Crippen LogP contribution in [0.1, 0.15) is 12.7 Å². The standard InChI is InChI=1S/C10H13ClN4OS/c1-6(4-16)17-5-8-13-9(11)7-3-12-15(2)10(7)14-8/h3,6,16H,4-5H2,1-2H3. The zero-order chi connectivity index (χ0) is 12.4. The van der Waals surface area contributed by atoms with Crippen LogP contribution in [0.2, 0.25) is 5.15 Å². The number of aliphatic hydroxyl groups excluding tert-OH is 1. The van der Waals surface area contributed by atoms with E-state index in [9.17, 15) is 0 Å². The molecule has 1 unspecified atom stereocenters. The lowest BCUT2D eigenvalue weighted by Crippen LogP contribution is -2.04. The predicted octanol–water partition coefficient (Wildman–Crippen LogP) is 1.63. The molecule has 0 spiro atoms. The van der Waals surface area contributed by atoms with Crippen molar-refractivity contribution in [2.45, 2.75) is 17.9 Å². The summed E-state index contributed by atoms with van der Waals surface area (Å²) in [6, 6.07) is 0. The number of nitrogens with zero attached hydrogens (tertiary/aromatic N) is 4. The van der Waals surface area contributed by atoms with Crippen molar-refractivity contribution in [3.8, 4) is 0 Å². The summed E-state index contributed by atoms with van der Waals surface area (Å²) < 4.78 is 1.67. The van der Waals surface area contributed by atoms with Crippen molar-refractivity contribution in [2.75, 3.05) is 6.61 Å². The van der Waals surface area contributed by atoms with E-state index in [2.05, 4.69) is 15.1 Å². The summed E-state index contributed by atoms with van der Waals surface area (Å²) in [5, 5.41) is 14.4. The molecule has 92 valence electrons. The maximum atomic E-state index is 8.95. The number of rotatable bonds is 4. The van der Waals surface area contributed by atoms with Gasteiger partial charge in [-0.05, 0) is 0 Å². The van der Waals surface area contributed by atoms with E-state index in [-0.39, 0.29) is 11.9 Å². The molecule has 0 aromatic carbocycles. The van der Waals surface area contributed by atoms with Gasteiger partial charge in [0.15, 0.2) is 5.65 Å². The third-order valence-corrected chi connectivity index (χ3v) is 3.78. The quantitative estimate of drug-likeness (QED) is 0.857. The van der Waals surface area contributed by atoms with Crippen LogP contribution in [0, 0.1) is 0 Å². The number of aliphatic hydroxyl groups is 1. The molecular formula is C10H13ClN4OS. The molecule has 0 amide bonds. The molecule has 7 heteroatoms. The van der Waals surface area contributed by atoms with Crippen LogP contribution in [-0.2, 0) is 12.8 Å². The highest BCUT2D eigenvalue weighted by Crippen LogP contribution is 2.22. The van der Waals surface area contributed by atoms with Crippen LogP contribution in [0.3, 0.4) is 0 Å². The Bertz CT molecular complexity index is 530. The Labute approximate surface area is 108 Å². The van der Waals surface area contributed by atoms with Gasteiger partial charge in [-0.2, -0.15) is 5.10 Å². The molecule has 0 saturated carbocycles. The first-order valence-electron chi connectivity index (χ1n) is 5.18. The Morgan fingerprint density at radius 3 is 3.00 bits per heavy atom. The molecule has 2 aromatic heterocycles. The van der Waals surface area contributed by atoms with E-state index >= 15 is 0 Å². The topological polar surface area (TPSA) is 63.8 Å². The Morgan fingerprint density at radius 2 is 2.29 bits per heavy atom. The number of aromatic nitrogens is 4. The van der Waals surface area contributed by atoms with E-state index in [1.165, 1.54) is 0 Å². The first kappa shape index (κ1) is 12.6. The van der Waals surface area contributed by atoms with Gasteiger partial charge in [0.25, 0.3) is 0 Å². The van der Waals surface area contributed by atoms with Crippen molar-refractivity contribution in [2.24, 2.45) is 7.05 Å². The summed E-state index contributed by atoms with van der Waals surface area (Å²) in [6.45, 7) is 2.10. The molecule has 2 aromatic rings. The molecule has 5 nitrogen and oxygen atoms in total. The Balaban J connectivity index is 2.26. The van der Waals surface area contributed by atoms with Gasteiger partial charge in [0, 0.05) is 12.3 Å². The van der Waals surface area contributed by atoms with E-state index in [0.717, 1.165) is 11.0 Å². The molecule has 0 fully saturated rings. The van der Waals surface area contributed by atoms with Crippen molar-refractivity contribution in [1.82, 2.24) is 19.7 Å². The normalized spacial score (nSPS) is 13.2. The Kier molecular flexibility index (Phi) is 3.86. The van der Waals surface area contributed by atoms with Gasteiger partial charge >= 0.3 is 0 Å². The van der Waals surface area contributed by atoms with Gasteiger partial charge in [-0.25, -0.2) is 9.97 Å². The Morgan fingerprint density at radius 1 is 1.53 bits per heavy atom. The fourth-order valence-corrected chi connectivity index (χ4v) is 2.26. The highest BCUT2D eigenvalue weighted by molar-refractivity contribution is 7.99. The van der Waals surface area contributed by atoms with Crippen LogP contribution >= 0.6 is 23.4 Å². The van der Waals surface area contributed by atoms with Gasteiger partial charge in [0.05, 0.1) is 23.9 Å². The maximum absolute atomic E-state index is 8.95. The van der Waals surface area contributed by atoms with Crippen molar-refractivity contribution in [1.29, 1.82) is 0 Å². The van der Waals surface area contributed by atoms with Gasteiger partial charge in [-0.15, -0.1) is 11.8 Å². The molecule has 0 radical (unpaired) electrons. The van der Waals surface area contributed by atoms with Crippen LogP contribution in [0.15, 0.2) is 6.20 Å². The minimum Gasteiger partial charge on any atom is -0.395 e. The second kappa shape index (κ2) is 5.20. The van der Waals surface area contributed by atoms with E-state index in [1.807, 2.05) is 14.0 Å². The molecule has 2 heterocycles. The van der Waals surface area contributed by atoms with E-state index < -0.39 is 0 Å². The lowest BCUT2D eigenvalue weighted by atomic mass is 10.4. The van der Waals surface area contributed by atoms with E-state index in [0.29, 0.717) is 16.7 Å². The van der Waals surface area contributed by atoms with Crippen LogP contribution in [0.5, 0.6) is 0 Å². The predicted molar refractivity (Wildman–Crippen MR) is 69.2 cm³/mol. The third kappa shape index (κ3) is 2.70. The first-order chi connectivity index (χ1) is 8.11. The second-order valence-electron chi connectivity index (χ2n) is 3.74. The summed E-state index contributed by atoms with van der Waals surface area (Å²) in [5.74, 6) is 1.29. The highest BCUT2D eigenvalue weighted by Gasteiger charge is 2.10. The van der Waals surface area contributed by atoms with Crippen molar-refractivity contribution in [3.63, 3.8) is 0 Å². The SMILES string of the molecule is CC(CO)SCc1nc(Cl)c2cnn(C)c2n1. The third-order valence-electron chi connectivity index (χ3n) is 2.35. The van der Waals surface area contributed by atoms with Crippen LogP contribution in [0.25, 0.3) is 11.0 Å². The van der Waals surface area contributed by atoms with Crippen LogP contribution < -0.4 is 0 Å². The van der Waals surface area contributed by atoms with E-state index in [1.54, 1.807) is 22.6 Å². The largest absolute Gasteiger partial charge is 0.395 e. The summed E-state index contributed by atoms with van der Waals surface area (Å²) in [5.41, 5.74) is 0.734. The molecule has 1 N–H and O–H groups in total. The van der Waals surface area contributed by atoms with Crippen molar-refractivity contribution < 1.29 is 5.11 Å². The minimum absolute atomic E-state index is 0.145. The van der Waals surface area contributed by atoms with Crippen LogP contribution in [-0.4, -0.2) is 36.7 Å². The molecule has 0 aliphatic rings. The highest BCUT2D eigenvalue weighted by atomic mass is 35.5. The van der Waals surface area contributed by atoms with Gasteiger partial charge in [-0.3, -0.25) is 4.68 Å². The first-order valence-corrected chi connectivity index (χ1v) is 6.61. The maximum Gasteiger partial charge on any atom is 0.162 e. The lowest BCUT2D eigenvalue weighted by Gasteiger charge is -2.06.